The third-order valence-corrected chi connectivity index (χ3v) is 8.52. The van der Waals surface area contributed by atoms with Crippen LogP contribution in [0.3, 0.4) is 0 Å². The van der Waals surface area contributed by atoms with Gasteiger partial charge in [0.05, 0.1) is 31.7 Å². The van der Waals surface area contributed by atoms with E-state index in [1.54, 1.807) is 23.5 Å². The highest BCUT2D eigenvalue weighted by Gasteiger charge is 2.22. The number of aliphatic hydroxyl groups is 1. The summed E-state index contributed by atoms with van der Waals surface area (Å²) in [6.07, 6.45) is 3.64. The Morgan fingerprint density at radius 1 is 0.766 bits per heavy atom. The number of alkyl halides is 1. The second-order valence-electron chi connectivity index (χ2n) is 12.8. The fourth-order valence-electron chi connectivity index (χ4n) is 3.33. The van der Waals surface area contributed by atoms with Crippen molar-refractivity contribution in [1.82, 2.24) is 0 Å². The summed E-state index contributed by atoms with van der Waals surface area (Å²) in [5.74, 6) is 3.09. The van der Waals surface area contributed by atoms with Crippen LogP contribution in [0.25, 0.3) is 12.2 Å². The number of carbonyl (C=O) groups is 2. The molecule has 0 aliphatic carbocycles. The van der Waals surface area contributed by atoms with Gasteiger partial charge in [-0.25, -0.2) is 0 Å². The number of aliphatic hydroxyl groups excluding tert-OH is 1. The van der Waals surface area contributed by atoms with Gasteiger partial charge in [-0.3, -0.25) is 9.59 Å². The van der Waals surface area contributed by atoms with Gasteiger partial charge in [0.1, 0.15) is 11.2 Å². The number of esters is 2. The predicted octanol–water partition coefficient (Wildman–Crippen LogP) is 9.32. The van der Waals surface area contributed by atoms with E-state index in [0.717, 1.165) is 33.8 Å². The van der Waals surface area contributed by atoms with Crippen LogP contribution in [0.5, 0.6) is 0 Å². The minimum atomic E-state index is -0.416. The average Bonchev–Trinajstić information content (AvgIpc) is 3.02. The largest absolute Gasteiger partial charge is 0.460 e. The molecule has 0 amide bonds. The smallest absolute Gasteiger partial charge is 0.310 e. The molecule has 0 bridgehead atoms. The van der Waals surface area contributed by atoms with Gasteiger partial charge in [-0.2, -0.15) is 23.5 Å². The Kier molecular flexibility index (Phi) is 23.7. The molecule has 0 heterocycles. The molecule has 2 rings (SSSR count). The Balaban J connectivity index is 0.000000746. The van der Waals surface area contributed by atoms with Crippen LogP contribution >= 0.6 is 35.1 Å². The predicted molar refractivity (Wildman–Crippen MR) is 204 cm³/mol. The topological polar surface area (TPSA) is 82.1 Å². The van der Waals surface area contributed by atoms with Crippen molar-refractivity contribution in [3.05, 3.63) is 83.9 Å². The van der Waals surface area contributed by atoms with Gasteiger partial charge in [0, 0.05) is 28.9 Å². The Morgan fingerprint density at radius 2 is 1.17 bits per heavy atom. The number of carbonyl (C=O) groups excluding carboxylic acids is 2. The maximum absolute atomic E-state index is 11.8. The number of hydrogen-bond acceptors (Lipinski definition) is 8. The van der Waals surface area contributed by atoms with Crippen molar-refractivity contribution < 1.29 is 28.9 Å². The molecule has 0 radical (unpaired) electrons. The second kappa shape index (κ2) is 24.8. The second-order valence-corrected chi connectivity index (χ2v) is 15.4. The van der Waals surface area contributed by atoms with E-state index in [1.165, 1.54) is 0 Å². The van der Waals surface area contributed by atoms with E-state index in [0.29, 0.717) is 30.6 Å². The van der Waals surface area contributed by atoms with Crippen LogP contribution in [0.1, 0.15) is 77.6 Å². The Bertz CT molecular complexity index is 1150. The highest BCUT2D eigenvalue weighted by atomic mass is 35.5. The zero-order chi connectivity index (χ0) is 35.9. The van der Waals surface area contributed by atoms with E-state index in [9.17, 15) is 9.59 Å². The zero-order valence-corrected chi connectivity index (χ0v) is 32.1. The Hall–Kier alpha value is -2.23. The summed E-state index contributed by atoms with van der Waals surface area (Å²) in [6.45, 7) is 23.8. The quantitative estimate of drug-likeness (QED) is 0.105. The van der Waals surface area contributed by atoms with Crippen LogP contribution in [0.4, 0.5) is 0 Å². The van der Waals surface area contributed by atoms with E-state index in [2.05, 4.69) is 25.3 Å². The Morgan fingerprint density at radius 3 is 1.53 bits per heavy atom. The van der Waals surface area contributed by atoms with Crippen molar-refractivity contribution in [3.8, 4) is 0 Å². The molecule has 47 heavy (non-hydrogen) atoms. The molecule has 6 nitrogen and oxygen atoms in total. The molecule has 0 fully saturated rings. The van der Waals surface area contributed by atoms with Crippen molar-refractivity contribution in [2.24, 2.45) is 11.8 Å². The van der Waals surface area contributed by atoms with Crippen molar-refractivity contribution >= 4 is 59.2 Å². The maximum atomic E-state index is 11.8. The van der Waals surface area contributed by atoms with Crippen LogP contribution in [0.15, 0.2) is 61.7 Å². The number of benzene rings is 2. The summed E-state index contributed by atoms with van der Waals surface area (Å²) in [7, 11) is 0. The molecule has 1 N–H and O–H groups in total. The molecular weight excluding hydrogens is 652 g/mol. The van der Waals surface area contributed by atoms with Gasteiger partial charge in [0.25, 0.3) is 0 Å². The van der Waals surface area contributed by atoms with Crippen LogP contribution in [-0.2, 0) is 36.3 Å². The summed E-state index contributed by atoms with van der Waals surface area (Å²) in [6, 6.07) is 16.2. The van der Waals surface area contributed by atoms with Gasteiger partial charge >= 0.3 is 11.9 Å². The van der Waals surface area contributed by atoms with Crippen LogP contribution < -0.4 is 0 Å². The lowest BCUT2D eigenvalue weighted by molar-refractivity contribution is -0.159. The van der Waals surface area contributed by atoms with Crippen molar-refractivity contribution in [3.63, 3.8) is 0 Å². The molecule has 264 valence electrons. The summed E-state index contributed by atoms with van der Waals surface area (Å²) < 4.78 is 16.2. The van der Waals surface area contributed by atoms with Crippen LogP contribution in [0, 0.1) is 11.8 Å². The van der Waals surface area contributed by atoms with Crippen LogP contribution in [-0.4, -0.2) is 64.5 Å². The SMILES string of the molecule is C=Cc1ccc(CCl)cc1.C=Cc1ccc(COCCSCC(C)C(=O)OC(C)(C)C)cc1.CC(CSCCO)C(=O)OC(C)(C)C. The molecule has 2 aromatic rings. The van der Waals surface area contributed by atoms with E-state index >= 15 is 0 Å². The molecule has 0 aliphatic rings. The fraction of sp³-hybridized carbons (Fsp3) is 0.526. The van der Waals surface area contributed by atoms with Gasteiger partial charge in [-0.05, 0) is 63.8 Å². The molecule has 0 aliphatic heterocycles. The van der Waals surface area contributed by atoms with E-state index in [4.69, 9.17) is 30.9 Å². The van der Waals surface area contributed by atoms with Gasteiger partial charge in [0.15, 0.2) is 0 Å². The van der Waals surface area contributed by atoms with Gasteiger partial charge in [-0.1, -0.05) is 87.7 Å². The summed E-state index contributed by atoms with van der Waals surface area (Å²) in [4.78, 5) is 23.3. The van der Waals surface area contributed by atoms with Gasteiger partial charge < -0.3 is 19.3 Å². The molecule has 0 spiro atoms. The highest BCUT2D eigenvalue weighted by molar-refractivity contribution is 7.99. The monoisotopic (exact) mass is 708 g/mol. The number of ether oxygens (including phenoxy) is 3. The molecule has 0 aromatic heterocycles. The summed E-state index contributed by atoms with van der Waals surface area (Å²) >= 11 is 8.88. The van der Waals surface area contributed by atoms with Crippen molar-refractivity contribution in [2.45, 2.75) is 79.1 Å². The third kappa shape index (κ3) is 24.6. The Labute approximate surface area is 298 Å². The lowest BCUT2D eigenvalue weighted by atomic mass is 10.1. The first-order chi connectivity index (χ1) is 22.0. The van der Waals surface area contributed by atoms with Crippen molar-refractivity contribution in [1.29, 1.82) is 0 Å². The molecular formula is C38H57ClO6S2. The summed E-state index contributed by atoms with van der Waals surface area (Å²) in [5, 5.41) is 8.57. The van der Waals surface area contributed by atoms with E-state index in [1.807, 2.05) is 104 Å². The first-order valence-corrected chi connectivity index (χ1v) is 18.7. The standard InChI is InChI=1S/C19H28O3S.C10H20O3S.C9H9Cl/c1-6-16-7-9-17(10-8-16)13-21-11-12-23-14-15(2)18(20)22-19(3,4)5;1-8(7-14-6-5-11)9(12)13-10(2,3)4;1-2-8-3-5-9(7-10)6-4-8/h6-10,15H,1,11-14H2,2-5H3;8,11H,5-7H2,1-4H3;2-6H,1,7H2. The van der Waals surface area contributed by atoms with Crippen LogP contribution in [0.2, 0.25) is 0 Å². The molecule has 0 saturated carbocycles. The van der Waals surface area contributed by atoms with E-state index in [-0.39, 0.29) is 30.4 Å². The van der Waals surface area contributed by atoms with E-state index < -0.39 is 11.2 Å². The fourth-order valence-corrected chi connectivity index (χ4v) is 5.18. The number of thioether (sulfide) groups is 2. The molecule has 2 aromatic carbocycles. The van der Waals surface area contributed by atoms with Gasteiger partial charge in [-0.15, -0.1) is 11.6 Å². The minimum Gasteiger partial charge on any atom is -0.460 e. The molecule has 9 heteroatoms. The molecule has 0 saturated heterocycles. The molecule has 2 unspecified atom stereocenters. The maximum Gasteiger partial charge on any atom is 0.310 e. The normalized spacial score (nSPS) is 12.3. The minimum absolute atomic E-state index is 0.0920. The number of rotatable bonds is 16. The molecule has 2 atom stereocenters. The summed E-state index contributed by atoms with van der Waals surface area (Å²) in [5.41, 5.74) is 3.72. The number of hydrogen-bond donors (Lipinski definition) is 1. The third-order valence-electron chi connectivity index (χ3n) is 5.82. The lowest BCUT2D eigenvalue weighted by Crippen LogP contribution is -2.28. The lowest BCUT2D eigenvalue weighted by Gasteiger charge is -2.22. The average molecular weight is 709 g/mol. The highest BCUT2D eigenvalue weighted by Crippen LogP contribution is 2.16. The first kappa shape index (κ1) is 44.8. The van der Waals surface area contributed by atoms with Crippen molar-refractivity contribution in [2.75, 3.05) is 36.2 Å². The zero-order valence-electron chi connectivity index (χ0n) is 29.7. The van der Waals surface area contributed by atoms with Gasteiger partial charge in [0.2, 0.25) is 0 Å². The first-order valence-electron chi connectivity index (χ1n) is 15.8. The number of halogens is 1.